The van der Waals surface area contributed by atoms with Gasteiger partial charge in [0.15, 0.2) is 11.5 Å². The molecule has 2 aromatic rings. The lowest BCUT2D eigenvalue weighted by molar-refractivity contribution is -0.117. The van der Waals surface area contributed by atoms with Crippen molar-refractivity contribution in [3.8, 4) is 5.75 Å². The van der Waals surface area contributed by atoms with Crippen molar-refractivity contribution in [2.75, 3.05) is 11.4 Å². The van der Waals surface area contributed by atoms with Crippen molar-refractivity contribution in [1.82, 2.24) is 0 Å². The summed E-state index contributed by atoms with van der Waals surface area (Å²) < 4.78 is 30.9. The zero-order valence-electron chi connectivity index (χ0n) is 15.8. The number of hydrogen-bond donors (Lipinski definition) is 0. The summed E-state index contributed by atoms with van der Waals surface area (Å²) >= 11 is 0. The highest BCUT2D eigenvalue weighted by atomic mass is 32.2. The van der Waals surface area contributed by atoms with E-state index in [-0.39, 0.29) is 28.3 Å². The Hall–Kier alpha value is -2.67. The smallest absolute Gasteiger partial charge is 0.339 e. The van der Waals surface area contributed by atoms with Gasteiger partial charge >= 0.3 is 10.1 Å². The minimum atomic E-state index is -4.10. The second-order valence-corrected chi connectivity index (χ2v) is 8.92. The molecule has 0 radical (unpaired) electrons. The standard InChI is InChI=1S/C21H21NO5S/c1-13-5-10-18(21-17(23)12-14(2)20(13)21)27-28(25,26)16-8-6-15(7-9-16)22-11-3-4-19(22)24/h5-10,14H,3-4,11-12H2,1-2H3/t14-/m0/s1. The number of anilines is 1. The van der Waals surface area contributed by atoms with Crippen LogP contribution in [0, 0.1) is 6.92 Å². The van der Waals surface area contributed by atoms with Crippen molar-refractivity contribution in [3.05, 3.63) is 53.1 Å². The average molecular weight is 399 g/mol. The van der Waals surface area contributed by atoms with E-state index in [1.165, 1.54) is 12.1 Å². The lowest BCUT2D eigenvalue weighted by Gasteiger charge is -2.16. The molecule has 0 N–H and O–H groups in total. The summed E-state index contributed by atoms with van der Waals surface area (Å²) in [5.74, 6) is 0.0637. The molecule has 146 valence electrons. The summed E-state index contributed by atoms with van der Waals surface area (Å²) in [5, 5.41) is 0. The Morgan fingerprint density at radius 2 is 1.79 bits per heavy atom. The molecule has 1 heterocycles. The van der Waals surface area contributed by atoms with Gasteiger partial charge in [-0.1, -0.05) is 13.0 Å². The minimum absolute atomic E-state index is 0.0179. The van der Waals surface area contributed by atoms with Crippen LogP contribution >= 0.6 is 0 Å². The number of nitrogens with zero attached hydrogens (tertiary/aromatic N) is 1. The van der Waals surface area contributed by atoms with Crippen molar-refractivity contribution in [3.63, 3.8) is 0 Å². The van der Waals surface area contributed by atoms with Gasteiger partial charge in [-0.15, -0.1) is 0 Å². The van der Waals surface area contributed by atoms with Crippen LogP contribution in [0.25, 0.3) is 0 Å². The molecule has 2 aliphatic rings. The molecule has 0 saturated carbocycles. The first-order valence-electron chi connectivity index (χ1n) is 9.29. The van der Waals surface area contributed by atoms with Crippen LogP contribution in [0.1, 0.15) is 53.6 Å². The van der Waals surface area contributed by atoms with E-state index in [4.69, 9.17) is 4.18 Å². The number of aryl methyl sites for hydroxylation is 1. The largest absolute Gasteiger partial charge is 0.378 e. The van der Waals surface area contributed by atoms with Crippen molar-refractivity contribution in [2.24, 2.45) is 0 Å². The Labute approximate surface area is 164 Å². The number of hydrogen-bond acceptors (Lipinski definition) is 5. The molecule has 1 aliphatic carbocycles. The van der Waals surface area contributed by atoms with Crippen LogP contribution in [0.15, 0.2) is 41.3 Å². The Kier molecular flexibility index (Phi) is 4.50. The molecular formula is C21H21NO5S. The van der Waals surface area contributed by atoms with E-state index >= 15 is 0 Å². The molecule has 1 fully saturated rings. The van der Waals surface area contributed by atoms with Crippen molar-refractivity contribution in [2.45, 2.75) is 43.9 Å². The van der Waals surface area contributed by atoms with Gasteiger partial charge in [0.1, 0.15) is 4.90 Å². The number of benzene rings is 2. The maximum Gasteiger partial charge on any atom is 0.339 e. The first kappa shape index (κ1) is 18.7. The molecule has 1 aliphatic heterocycles. The summed E-state index contributed by atoms with van der Waals surface area (Å²) in [6, 6.07) is 9.38. The van der Waals surface area contributed by atoms with Gasteiger partial charge in [0.25, 0.3) is 0 Å². The van der Waals surface area contributed by atoms with Gasteiger partial charge in [0.2, 0.25) is 5.91 Å². The second kappa shape index (κ2) is 6.74. The number of ketones is 1. The van der Waals surface area contributed by atoms with E-state index in [0.29, 0.717) is 30.6 Å². The van der Waals surface area contributed by atoms with Crippen LogP contribution in [0.4, 0.5) is 5.69 Å². The number of carbonyl (C=O) groups is 2. The van der Waals surface area contributed by atoms with Gasteiger partial charge in [-0.05, 0) is 60.7 Å². The lowest BCUT2D eigenvalue weighted by Crippen LogP contribution is -2.23. The number of carbonyl (C=O) groups excluding carboxylic acids is 2. The quantitative estimate of drug-likeness (QED) is 0.734. The fraction of sp³-hybridized carbons (Fsp3) is 0.333. The number of Topliss-reactive ketones (excluding diaryl/α,β-unsaturated/α-hetero) is 1. The number of rotatable bonds is 4. The molecule has 7 heteroatoms. The molecule has 0 aromatic heterocycles. The van der Waals surface area contributed by atoms with Gasteiger partial charge in [0, 0.05) is 25.1 Å². The van der Waals surface area contributed by atoms with Crippen LogP contribution in [-0.4, -0.2) is 26.7 Å². The monoisotopic (exact) mass is 399 g/mol. The van der Waals surface area contributed by atoms with E-state index in [1.807, 2.05) is 13.8 Å². The van der Waals surface area contributed by atoms with Gasteiger partial charge in [-0.25, -0.2) is 0 Å². The molecule has 4 rings (SSSR count). The average Bonchev–Trinajstić information content (AvgIpc) is 3.21. The number of fused-ring (bicyclic) bond motifs is 1. The predicted molar refractivity (Wildman–Crippen MR) is 104 cm³/mol. The minimum Gasteiger partial charge on any atom is -0.378 e. The summed E-state index contributed by atoms with van der Waals surface area (Å²) in [4.78, 5) is 25.8. The van der Waals surface area contributed by atoms with Crippen LogP contribution in [-0.2, 0) is 14.9 Å². The topological polar surface area (TPSA) is 80.8 Å². The van der Waals surface area contributed by atoms with Gasteiger partial charge in [-0.2, -0.15) is 8.42 Å². The summed E-state index contributed by atoms with van der Waals surface area (Å²) in [5.41, 5.74) is 2.86. The van der Waals surface area contributed by atoms with Crippen LogP contribution in [0.2, 0.25) is 0 Å². The number of amides is 1. The molecule has 1 saturated heterocycles. The molecule has 0 spiro atoms. The maximum absolute atomic E-state index is 12.8. The predicted octanol–water partition coefficient (Wildman–Crippen LogP) is 3.58. The first-order valence-corrected chi connectivity index (χ1v) is 10.7. The molecule has 1 atom stereocenters. The molecule has 1 amide bonds. The third-order valence-electron chi connectivity index (χ3n) is 5.40. The zero-order valence-corrected chi connectivity index (χ0v) is 16.6. The van der Waals surface area contributed by atoms with E-state index in [0.717, 1.165) is 17.5 Å². The van der Waals surface area contributed by atoms with Crippen LogP contribution in [0.3, 0.4) is 0 Å². The molecule has 0 unspecified atom stereocenters. The Balaban J connectivity index is 1.64. The maximum atomic E-state index is 12.8. The lowest BCUT2D eigenvalue weighted by atomic mass is 9.98. The van der Waals surface area contributed by atoms with Crippen LogP contribution in [0.5, 0.6) is 5.75 Å². The second-order valence-electron chi connectivity index (χ2n) is 7.38. The summed E-state index contributed by atoms with van der Waals surface area (Å²) in [6.07, 6.45) is 1.66. The Bertz CT molecular complexity index is 1070. The highest BCUT2D eigenvalue weighted by molar-refractivity contribution is 7.87. The fourth-order valence-corrected chi connectivity index (χ4v) is 5.00. The molecule has 2 aromatic carbocycles. The first-order chi connectivity index (χ1) is 13.3. The highest BCUT2D eigenvalue weighted by Crippen LogP contribution is 2.41. The van der Waals surface area contributed by atoms with E-state index < -0.39 is 10.1 Å². The molecule has 0 bridgehead atoms. The fourth-order valence-electron chi connectivity index (χ4n) is 4.06. The normalized spacial score (nSPS) is 19.2. The summed E-state index contributed by atoms with van der Waals surface area (Å²) in [7, 11) is -4.10. The SMILES string of the molecule is Cc1ccc(OS(=O)(=O)c2ccc(N3CCCC3=O)cc2)c2c1[C@@H](C)CC2=O. The van der Waals surface area contributed by atoms with E-state index in [9.17, 15) is 18.0 Å². The van der Waals surface area contributed by atoms with Gasteiger partial charge in [-0.3, -0.25) is 9.59 Å². The highest BCUT2D eigenvalue weighted by Gasteiger charge is 2.33. The Morgan fingerprint density at radius 1 is 1.07 bits per heavy atom. The van der Waals surface area contributed by atoms with Gasteiger partial charge < -0.3 is 9.08 Å². The zero-order chi connectivity index (χ0) is 20.1. The molecular weight excluding hydrogens is 378 g/mol. The van der Waals surface area contributed by atoms with Crippen molar-refractivity contribution < 1.29 is 22.2 Å². The third-order valence-corrected chi connectivity index (χ3v) is 6.65. The van der Waals surface area contributed by atoms with Crippen molar-refractivity contribution >= 4 is 27.5 Å². The van der Waals surface area contributed by atoms with E-state index in [2.05, 4.69) is 0 Å². The van der Waals surface area contributed by atoms with Crippen molar-refractivity contribution in [1.29, 1.82) is 0 Å². The van der Waals surface area contributed by atoms with Gasteiger partial charge in [0.05, 0.1) is 5.56 Å². The molecule has 6 nitrogen and oxygen atoms in total. The Morgan fingerprint density at radius 3 is 2.43 bits per heavy atom. The molecule has 28 heavy (non-hydrogen) atoms. The third kappa shape index (κ3) is 3.09. The summed E-state index contributed by atoms with van der Waals surface area (Å²) in [6.45, 7) is 4.50. The van der Waals surface area contributed by atoms with E-state index in [1.54, 1.807) is 29.2 Å². The van der Waals surface area contributed by atoms with Crippen LogP contribution < -0.4 is 9.08 Å².